The second-order valence-corrected chi connectivity index (χ2v) is 9.70. The van der Waals surface area contributed by atoms with Gasteiger partial charge in [-0.2, -0.15) is 0 Å². The highest BCUT2D eigenvalue weighted by atomic mass is 28.4. The van der Waals surface area contributed by atoms with Crippen LogP contribution in [0.1, 0.15) is 52.9 Å². The third kappa shape index (κ3) is 7.85. The number of unbranched alkanes of at least 4 members (excludes halogenated alkanes) is 2. The van der Waals surface area contributed by atoms with Gasteiger partial charge in [0.05, 0.1) is 6.61 Å². The van der Waals surface area contributed by atoms with E-state index in [1.54, 1.807) is 6.92 Å². The van der Waals surface area contributed by atoms with Gasteiger partial charge < -0.3 is 13.6 Å². The first-order valence-corrected chi connectivity index (χ1v) is 11.7. The standard InChI is InChI=1S/C21H34O4Si/c1-5-7-16-24-26(25-17-8-6-2,20-13-10-9-11-14-20)18-12-15-23-21(22)19(3)4/h9-11,13-14H,3,5-8,12,15-18H2,1-2,4H3. The van der Waals surface area contributed by atoms with Gasteiger partial charge in [-0.05, 0) is 37.4 Å². The fourth-order valence-corrected chi connectivity index (χ4v) is 5.80. The molecular formula is C21H34O4Si. The van der Waals surface area contributed by atoms with E-state index in [4.69, 9.17) is 13.6 Å². The summed E-state index contributed by atoms with van der Waals surface area (Å²) in [5.74, 6) is -0.337. The normalized spacial score (nSPS) is 11.3. The van der Waals surface area contributed by atoms with Gasteiger partial charge in [-0.15, -0.1) is 0 Å². The zero-order valence-corrected chi connectivity index (χ0v) is 17.6. The molecule has 0 saturated heterocycles. The van der Waals surface area contributed by atoms with Gasteiger partial charge in [0.1, 0.15) is 0 Å². The van der Waals surface area contributed by atoms with E-state index < -0.39 is 8.56 Å². The SMILES string of the molecule is C=C(C)C(=O)OCCC[Si](OCCCC)(OCCCC)c1ccccc1. The van der Waals surface area contributed by atoms with Crippen LogP contribution in [0.2, 0.25) is 6.04 Å². The van der Waals surface area contributed by atoms with Crippen molar-refractivity contribution < 1.29 is 18.4 Å². The molecule has 0 aromatic heterocycles. The van der Waals surface area contributed by atoms with Gasteiger partial charge in [0.2, 0.25) is 0 Å². The summed E-state index contributed by atoms with van der Waals surface area (Å²) in [7, 11) is -2.56. The van der Waals surface area contributed by atoms with Crippen molar-refractivity contribution in [2.24, 2.45) is 0 Å². The van der Waals surface area contributed by atoms with Crippen LogP contribution in [0, 0.1) is 0 Å². The van der Waals surface area contributed by atoms with Crippen molar-refractivity contribution in [3.05, 3.63) is 42.5 Å². The number of hydrogen-bond donors (Lipinski definition) is 0. The van der Waals surface area contributed by atoms with Crippen LogP contribution < -0.4 is 5.19 Å². The summed E-state index contributed by atoms with van der Waals surface area (Å²) in [6.45, 7) is 11.4. The average molecular weight is 379 g/mol. The number of rotatable bonds is 14. The molecule has 1 aromatic carbocycles. The predicted octanol–water partition coefficient (Wildman–Crippen LogP) is 4.48. The molecule has 0 atom stereocenters. The van der Waals surface area contributed by atoms with E-state index in [-0.39, 0.29) is 5.97 Å². The molecule has 0 amide bonds. The van der Waals surface area contributed by atoms with Gasteiger partial charge in [0.25, 0.3) is 0 Å². The summed E-state index contributed by atoms with van der Waals surface area (Å²) in [6, 6.07) is 11.0. The molecule has 0 fully saturated rings. The van der Waals surface area contributed by atoms with Gasteiger partial charge in [-0.3, -0.25) is 0 Å². The third-order valence-corrected chi connectivity index (χ3v) is 7.68. The van der Waals surface area contributed by atoms with Crippen LogP contribution in [0.5, 0.6) is 0 Å². The summed E-state index contributed by atoms with van der Waals surface area (Å²) in [6.07, 6.45) is 4.93. The second-order valence-electron chi connectivity index (χ2n) is 6.54. The molecule has 0 aliphatic carbocycles. The van der Waals surface area contributed by atoms with E-state index in [0.29, 0.717) is 25.4 Å². The number of carbonyl (C=O) groups excluding carboxylic acids is 1. The van der Waals surface area contributed by atoms with Gasteiger partial charge in [0, 0.05) is 18.8 Å². The predicted molar refractivity (Wildman–Crippen MR) is 109 cm³/mol. The maximum atomic E-state index is 11.6. The Balaban J connectivity index is 2.84. The first kappa shape index (κ1) is 22.6. The van der Waals surface area contributed by atoms with Crippen molar-refractivity contribution in [2.45, 2.75) is 58.9 Å². The Morgan fingerprint density at radius 3 is 2.04 bits per heavy atom. The van der Waals surface area contributed by atoms with E-state index in [1.165, 1.54) is 0 Å². The third-order valence-electron chi connectivity index (χ3n) is 4.11. The summed E-state index contributed by atoms with van der Waals surface area (Å²) in [5.41, 5.74) is 0.426. The van der Waals surface area contributed by atoms with E-state index in [1.807, 2.05) is 18.2 Å². The number of hydrogen-bond acceptors (Lipinski definition) is 4. The quantitative estimate of drug-likeness (QED) is 0.207. The second kappa shape index (κ2) is 12.8. The van der Waals surface area contributed by atoms with Crippen LogP contribution in [0.4, 0.5) is 0 Å². The molecule has 5 heteroatoms. The fraction of sp³-hybridized carbons (Fsp3) is 0.571. The molecule has 0 N–H and O–H groups in total. The maximum absolute atomic E-state index is 11.6. The molecule has 26 heavy (non-hydrogen) atoms. The molecule has 0 spiro atoms. The van der Waals surface area contributed by atoms with Gasteiger partial charge in [-0.1, -0.05) is 63.6 Å². The molecule has 0 bridgehead atoms. The Morgan fingerprint density at radius 2 is 1.54 bits per heavy atom. The first-order chi connectivity index (χ1) is 12.6. The van der Waals surface area contributed by atoms with E-state index in [0.717, 1.165) is 43.3 Å². The van der Waals surface area contributed by atoms with Crippen LogP contribution in [0.25, 0.3) is 0 Å². The topological polar surface area (TPSA) is 44.8 Å². The van der Waals surface area contributed by atoms with Crippen LogP contribution in [0.3, 0.4) is 0 Å². The Morgan fingerprint density at radius 1 is 0.962 bits per heavy atom. The molecule has 4 nitrogen and oxygen atoms in total. The van der Waals surface area contributed by atoms with Crippen molar-refractivity contribution in [3.63, 3.8) is 0 Å². The monoisotopic (exact) mass is 378 g/mol. The van der Waals surface area contributed by atoms with Crippen molar-refractivity contribution in [1.82, 2.24) is 0 Å². The highest BCUT2D eigenvalue weighted by molar-refractivity contribution is 6.81. The molecular weight excluding hydrogens is 344 g/mol. The Bertz CT molecular complexity index is 520. The summed E-state index contributed by atoms with van der Waals surface area (Å²) >= 11 is 0. The van der Waals surface area contributed by atoms with Crippen LogP contribution >= 0.6 is 0 Å². The Labute approximate surface area is 159 Å². The van der Waals surface area contributed by atoms with Crippen LogP contribution in [-0.2, 0) is 18.4 Å². The molecule has 0 heterocycles. The minimum absolute atomic E-state index is 0.337. The smallest absolute Gasteiger partial charge is 0.372 e. The number of benzene rings is 1. The highest BCUT2D eigenvalue weighted by Crippen LogP contribution is 2.19. The Hall–Kier alpha value is -1.43. The maximum Gasteiger partial charge on any atom is 0.372 e. The van der Waals surface area contributed by atoms with Gasteiger partial charge in [-0.25, -0.2) is 4.79 Å². The summed E-state index contributed by atoms with van der Waals surface area (Å²) in [4.78, 5) is 11.6. The Kier molecular flexibility index (Phi) is 11.2. The molecule has 0 aliphatic rings. The number of carbonyl (C=O) groups is 1. The van der Waals surface area contributed by atoms with Gasteiger partial charge in [0.15, 0.2) is 0 Å². The molecule has 0 unspecified atom stereocenters. The fourth-order valence-electron chi connectivity index (χ4n) is 2.54. The lowest BCUT2D eigenvalue weighted by Gasteiger charge is -2.31. The minimum atomic E-state index is -2.56. The van der Waals surface area contributed by atoms with Crippen molar-refractivity contribution >= 4 is 19.7 Å². The average Bonchev–Trinajstić information content (AvgIpc) is 2.65. The van der Waals surface area contributed by atoms with E-state index in [9.17, 15) is 4.79 Å². The molecule has 146 valence electrons. The first-order valence-electron chi connectivity index (χ1n) is 9.71. The summed E-state index contributed by atoms with van der Waals surface area (Å²) < 4.78 is 18.1. The lowest BCUT2D eigenvalue weighted by atomic mass is 10.4. The van der Waals surface area contributed by atoms with Gasteiger partial charge >= 0.3 is 14.5 Å². The number of esters is 1. The molecule has 1 rings (SSSR count). The summed E-state index contributed by atoms with van der Waals surface area (Å²) in [5, 5.41) is 1.15. The molecule has 0 saturated carbocycles. The highest BCUT2D eigenvalue weighted by Gasteiger charge is 2.39. The lowest BCUT2D eigenvalue weighted by Crippen LogP contribution is -2.54. The van der Waals surface area contributed by atoms with Crippen molar-refractivity contribution in [2.75, 3.05) is 19.8 Å². The number of ether oxygens (including phenoxy) is 1. The molecule has 1 aromatic rings. The van der Waals surface area contributed by atoms with E-state index >= 15 is 0 Å². The molecule has 0 radical (unpaired) electrons. The van der Waals surface area contributed by atoms with Crippen LogP contribution in [-0.4, -0.2) is 34.4 Å². The van der Waals surface area contributed by atoms with E-state index in [2.05, 4.69) is 32.6 Å². The van der Waals surface area contributed by atoms with Crippen molar-refractivity contribution in [1.29, 1.82) is 0 Å². The van der Waals surface area contributed by atoms with Crippen molar-refractivity contribution in [3.8, 4) is 0 Å². The zero-order chi connectivity index (χ0) is 19.3. The lowest BCUT2D eigenvalue weighted by molar-refractivity contribution is -0.138. The molecule has 0 aliphatic heterocycles. The largest absolute Gasteiger partial charge is 0.462 e. The van der Waals surface area contributed by atoms with Crippen LogP contribution in [0.15, 0.2) is 42.5 Å². The minimum Gasteiger partial charge on any atom is -0.462 e. The zero-order valence-electron chi connectivity index (χ0n) is 16.6.